The molecule has 0 radical (unpaired) electrons. The van der Waals surface area contributed by atoms with Gasteiger partial charge in [0.2, 0.25) is 11.8 Å². The van der Waals surface area contributed by atoms with Crippen LogP contribution in [-0.4, -0.2) is 21.4 Å². The van der Waals surface area contributed by atoms with Crippen LogP contribution in [0.5, 0.6) is 0 Å². The van der Waals surface area contributed by atoms with Crippen molar-refractivity contribution < 1.29 is 9.21 Å². The number of anilines is 1. The summed E-state index contributed by atoms with van der Waals surface area (Å²) in [4.78, 5) is 12.6. The van der Waals surface area contributed by atoms with Crippen molar-refractivity contribution in [3.8, 4) is 0 Å². The van der Waals surface area contributed by atoms with Crippen LogP contribution in [0.15, 0.2) is 52.1 Å². The van der Waals surface area contributed by atoms with Gasteiger partial charge < -0.3 is 9.73 Å². The quantitative estimate of drug-likeness (QED) is 0.627. The van der Waals surface area contributed by atoms with E-state index in [9.17, 15) is 4.79 Å². The minimum Gasteiger partial charge on any atom is -0.416 e. The minimum atomic E-state index is -0.352. The van der Waals surface area contributed by atoms with Gasteiger partial charge in [-0.05, 0) is 44.4 Å². The maximum atomic E-state index is 12.6. The number of carbonyl (C=O) groups excluding carboxylic acids is 1. The molecule has 0 bridgehead atoms. The molecule has 6 heteroatoms. The maximum absolute atomic E-state index is 12.6. The molecule has 0 fully saturated rings. The molecule has 3 rings (SSSR count). The predicted molar refractivity (Wildman–Crippen MR) is 108 cm³/mol. The molecule has 3 aromatic rings. The first-order valence-corrected chi connectivity index (χ1v) is 9.72. The van der Waals surface area contributed by atoms with Crippen molar-refractivity contribution in [1.29, 1.82) is 0 Å². The van der Waals surface area contributed by atoms with Gasteiger partial charge in [0, 0.05) is 5.69 Å². The van der Waals surface area contributed by atoms with E-state index in [1.54, 1.807) is 0 Å². The van der Waals surface area contributed by atoms with Crippen LogP contribution >= 0.6 is 11.8 Å². The van der Waals surface area contributed by atoms with E-state index in [1.807, 2.05) is 58.0 Å². The predicted octanol–water partition coefficient (Wildman–Crippen LogP) is 4.70. The van der Waals surface area contributed by atoms with Crippen molar-refractivity contribution in [2.75, 3.05) is 5.32 Å². The number of thioether (sulfide) groups is 1. The van der Waals surface area contributed by atoms with Gasteiger partial charge in [0.1, 0.15) is 0 Å². The third kappa shape index (κ3) is 4.98. The Labute approximate surface area is 163 Å². The Morgan fingerprint density at radius 2 is 1.78 bits per heavy atom. The van der Waals surface area contributed by atoms with E-state index >= 15 is 0 Å². The zero-order chi connectivity index (χ0) is 19.4. The number of aromatic nitrogens is 2. The topological polar surface area (TPSA) is 68.0 Å². The van der Waals surface area contributed by atoms with E-state index in [4.69, 9.17) is 4.42 Å². The van der Waals surface area contributed by atoms with Crippen LogP contribution in [0.4, 0.5) is 5.69 Å². The summed E-state index contributed by atoms with van der Waals surface area (Å²) in [6, 6.07) is 14.1. The Kier molecular flexibility index (Phi) is 5.96. The van der Waals surface area contributed by atoms with E-state index in [2.05, 4.69) is 27.6 Å². The van der Waals surface area contributed by atoms with Crippen molar-refractivity contribution >= 4 is 23.4 Å². The highest BCUT2D eigenvalue weighted by atomic mass is 32.2. The molecule has 1 N–H and O–H groups in total. The highest BCUT2D eigenvalue weighted by molar-refractivity contribution is 8.00. The molecule has 27 heavy (non-hydrogen) atoms. The standard InChI is InChI=1S/C21H23N3O2S/c1-13-10-14(2)19(15(3)11-13)22-20(25)16(4)27-21-24-23-18(26-21)12-17-8-6-5-7-9-17/h5-11,16H,12H2,1-4H3,(H,22,25)/t16-/m1/s1. The second-order valence-corrected chi connectivity index (χ2v) is 7.94. The molecule has 1 aromatic heterocycles. The maximum Gasteiger partial charge on any atom is 0.277 e. The van der Waals surface area contributed by atoms with Gasteiger partial charge >= 0.3 is 0 Å². The van der Waals surface area contributed by atoms with Crippen LogP contribution < -0.4 is 5.32 Å². The average molecular weight is 382 g/mol. The number of benzene rings is 2. The molecule has 0 spiro atoms. The van der Waals surface area contributed by atoms with Crippen molar-refractivity contribution in [2.24, 2.45) is 0 Å². The lowest BCUT2D eigenvalue weighted by Gasteiger charge is -2.15. The van der Waals surface area contributed by atoms with Crippen LogP contribution in [0.25, 0.3) is 0 Å². The molecular formula is C21H23N3O2S. The van der Waals surface area contributed by atoms with Crippen LogP contribution in [0.1, 0.15) is 35.1 Å². The number of nitrogens with zero attached hydrogens (tertiary/aromatic N) is 2. The van der Waals surface area contributed by atoms with Crippen LogP contribution in [-0.2, 0) is 11.2 Å². The molecule has 1 amide bonds. The second-order valence-electron chi connectivity index (χ2n) is 6.65. The molecular weight excluding hydrogens is 358 g/mol. The van der Waals surface area contributed by atoms with E-state index in [1.165, 1.54) is 17.3 Å². The van der Waals surface area contributed by atoms with E-state index in [-0.39, 0.29) is 11.2 Å². The number of aryl methyl sites for hydroxylation is 3. The van der Waals surface area contributed by atoms with Gasteiger partial charge in [-0.15, -0.1) is 10.2 Å². The van der Waals surface area contributed by atoms with Gasteiger partial charge in [-0.25, -0.2) is 0 Å². The van der Waals surface area contributed by atoms with Crippen LogP contribution in [0, 0.1) is 20.8 Å². The van der Waals surface area contributed by atoms with Crippen molar-refractivity contribution in [3.63, 3.8) is 0 Å². The lowest BCUT2D eigenvalue weighted by atomic mass is 10.1. The molecule has 0 saturated heterocycles. The van der Waals surface area contributed by atoms with Gasteiger partial charge in [-0.3, -0.25) is 4.79 Å². The highest BCUT2D eigenvalue weighted by Crippen LogP contribution is 2.26. The first-order valence-electron chi connectivity index (χ1n) is 8.84. The lowest BCUT2D eigenvalue weighted by molar-refractivity contribution is -0.115. The number of nitrogens with one attached hydrogen (secondary N) is 1. The first-order chi connectivity index (χ1) is 12.9. The summed E-state index contributed by atoms with van der Waals surface area (Å²) in [6.07, 6.45) is 0.580. The number of carbonyl (C=O) groups is 1. The number of amides is 1. The van der Waals surface area contributed by atoms with Crippen LogP contribution in [0.2, 0.25) is 0 Å². The molecule has 5 nitrogen and oxygen atoms in total. The molecule has 1 atom stereocenters. The molecule has 0 unspecified atom stereocenters. The first kappa shape index (κ1) is 19.2. The monoisotopic (exact) mass is 381 g/mol. The van der Waals surface area contributed by atoms with Crippen LogP contribution in [0.3, 0.4) is 0 Å². The normalized spacial score (nSPS) is 12.0. The van der Waals surface area contributed by atoms with E-state index in [0.29, 0.717) is 17.5 Å². The molecule has 140 valence electrons. The molecule has 2 aromatic carbocycles. The van der Waals surface area contributed by atoms with Gasteiger partial charge in [0.05, 0.1) is 11.7 Å². The summed E-state index contributed by atoms with van der Waals surface area (Å²) in [5, 5.41) is 11.2. The number of hydrogen-bond acceptors (Lipinski definition) is 5. The van der Waals surface area contributed by atoms with Crippen molar-refractivity contribution in [1.82, 2.24) is 10.2 Å². The third-order valence-corrected chi connectivity index (χ3v) is 5.15. The summed E-state index contributed by atoms with van der Waals surface area (Å²) >= 11 is 1.26. The van der Waals surface area contributed by atoms with Gasteiger partial charge in [-0.2, -0.15) is 0 Å². The molecule has 0 aliphatic rings. The average Bonchev–Trinajstić information content (AvgIpc) is 3.05. The SMILES string of the molecule is Cc1cc(C)c(NC(=O)[C@@H](C)Sc2nnc(Cc3ccccc3)o2)c(C)c1. The zero-order valence-electron chi connectivity index (χ0n) is 15.9. The van der Waals surface area contributed by atoms with Gasteiger partial charge in [-0.1, -0.05) is 59.8 Å². The second kappa shape index (κ2) is 8.39. The Morgan fingerprint density at radius 3 is 2.44 bits per heavy atom. The summed E-state index contributed by atoms with van der Waals surface area (Å²) in [5.74, 6) is 0.458. The Bertz CT molecular complexity index is 915. The third-order valence-electron chi connectivity index (χ3n) is 4.22. The smallest absolute Gasteiger partial charge is 0.277 e. The summed E-state index contributed by atoms with van der Waals surface area (Å²) in [7, 11) is 0. The van der Waals surface area contributed by atoms with Crippen molar-refractivity contribution in [2.45, 2.75) is 44.6 Å². The van der Waals surface area contributed by atoms with Crippen molar-refractivity contribution in [3.05, 3.63) is 70.6 Å². The Hall–Kier alpha value is -2.60. The largest absolute Gasteiger partial charge is 0.416 e. The van der Waals surface area contributed by atoms with Gasteiger partial charge in [0.15, 0.2) is 0 Å². The molecule has 1 heterocycles. The summed E-state index contributed by atoms with van der Waals surface area (Å²) in [6.45, 7) is 7.88. The fraction of sp³-hybridized carbons (Fsp3) is 0.286. The number of rotatable bonds is 6. The molecule has 0 saturated carbocycles. The lowest BCUT2D eigenvalue weighted by Crippen LogP contribution is -2.23. The van der Waals surface area contributed by atoms with E-state index < -0.39 is 0 Å². The molecule has 0 aliphatic heterocycles. The summed E-state index contributed by atoms with van der Waals surface area (Å²) < 4.78 is 5.68. The zero-order valence-corrected chi connectivity index (χ0v) is 16.8. The Morgan fingerprint density at radius 1 is 1.11 bits per heavy atom. The highest BCUT2D eigenvalue weighted by Gasteiger charge is 2.20. The number of hydrogen-bond donors (Lipinski definition) is 1. The molecule has 0 aliphatic carbocycles. The minimum absolute atomic E-state index is 0.0853. The fourth-order valence-corrected chi connectivity index (χ4v) is 3.64. The summed E-state index contributed by atoms with van der Waals surface area (Å²) in [5.41, 5.74) is 5.27. The fourth-order valence-electron chi connectivity index (χ4n) is 2.93. The van der Waals surface area contributed by atoms with Gasteiger partial charge in [0.25, 0.3) is 5.22 Å². The Balaban J connectivity index is 1.62. The van der Waals surface area contributed by atoms with E-state index in [0.717, 1.165) is 22.4 Å².